The summed E-state index contributed by atoms with van der Waals surface area (Å²) < 4.78 is 22.4. The number of rotatable bonds is 7. The van der Waals surface area contributed by atoms with Crippen molar-refractivity contribution in [2.24, 2.45) is 10.9 Å². The van der Waals surface area contributed by atoms with Crippen LogP contribution in [0, 0.1) is 18.7 Å². The summed E-state index contributed by atoms with van der Waals surface area (Å²) in [6.45, 7) is 7.07. The second kappa shape index (κ2) is 10.8. The molecule has 0 bridgehead atoms. The predicted octanol–water partition coefficient (Wildman–Crippen LogP) is 7.34. The van der Waals surface area contributed by atoms with Crippen LogP contribution in [0.3, 0.4) is 0 Å². The van der Waals surface area contributed by atoms with Gasteiger partial charge in [-0.15, -0.1) is 0 Å². The molecule has 2 heterocycles. The van der Waals surface area contributed by atoms with Gasteiger partial charge in [-0.25, -0.2) is 4.39 Å². The van der Waals surface area contributed by atoms with Gasteiger partial charge in [0.2, 0.25) is 0 Å². The molecular formula is C27H28ClFN2O2S. The van der Waals surface area contributed by atoms with E-state index in [1.54, 1.807) is 24.8 Å². The molecule has 4 nitrogen and oxygen atoms in total. The van der Waals surface area contributed by atoms with Crippen LogP contribution in [-0.2, 0) is 16.0 Å². The van der Waals surface area contributed by atoms with Gasteiger partial charge in [0.25, 0.3) is 0 Å². The van der Waals surface area contributed by atoms with E-state index in [9.17, 15) is 4.79 Å². The van der Waals surface area contributed by atoms with Crippen LogP contribution in [-0.4, -0.2) is 29.9 Å². The van der Waals surface area contributed by atoms with Crippen LogP contribution in [0.2, 0.25) is 5.02 Å². The lowest BCUT2D eigenvalue weighted by atomic mass is 10.0. The second-order valence-electron chi connectivity index (χ2n) is 8.32. The molecule has 0 radical (unpaired) electrons. The number of benzene rings is 2. The largest absolute Gasteiger partial charge is 0.466 e. The zero-order valence-corrected chi connectivity index (χ0v) is 21.2. The molecular weight excluding hydrogens is 471 g/mol. The molecule has 2 aromatic carbocycles. The summed E-state index contributed by atoms with van der Waals surface area (Å²) in [4.78, 5) is 18.4. The van der Waals surface area contributed by atoms with Crippen LogP contribution >= 0.6 is 23.4 Å². The molecule has 0 fully saturated rings. The summed E-state index contributed by atoms with van der Waals surface area (Å²) in [6, 6.07) is 11.3. The fourth-order valence-electron chi connectivity index (χ4n) is 4.29. The van der Waals surface area contributed by atoms with E-state index >= 15 is 4.39 Å². The normalized spacial score (nSPS) is 15.9. The van der Waals surface area contributed by atoms with Gasteiger partial charge in [-0.2, -0.15) is 0 Å². The molecule has 1 aromatic heterocycles. The first-order chi connectivity index (χ1) is 16.4. The van der Waals surface area contributed by atoms with Gasteiger partial charge in [0.15, 0.2) is 5.82 Å². The highest BCUT2D eigenvalue weighted by Crippen LogP contribution is 2.42. The lowest BCUT2D eigenvalue weighted by Gasteiger charge is -2.12. The maximum Gasteiger partial charge on any atom is 0.310 e. The number of aliphatic imine (C=N–C) groups is 1. The molecule has 0 saturated heterocycles. The minimum absolute atomic E-state index is 0.0948. The second-order valence-corrected chi connectivity index (χ2v) is 9.81. The van der Waals surface area contributed by atoms with Crippen molar-refractivity contribution in [1.29, 1.82) is 0 Å². The zero-order valence-electron chi connectivity index (χ0n) is 19.6. The van der Waals surface area contributed by atoms with E-state index in [4.69, 9.17) is 16.3 Å². The third-order valence-corrected chi connectivity index (χ3v) is 7.52. The lowest BCUT2D eigenvalue weighted by molar-refractivity contribution is -0.142. The number of carbonyl (C=O) groups excluding carboxylic acids is 1. The third-order valence-electron chi connectivity index (χ3n) is 6.02. The van der Waals surface area contributed by atoms with Gasteiger partial charge in [0.1, 0.15) is 0 Å². The van der Waals surface area contributed by atoms with Gasteiger partial charge in [-0.05, 0) is 62.4 Å². The Bertz CT molecular complexity index is 1280. The summed E-state index contributed by atoms with van der Waals surface area (Å²) >= 11 is 7.77. The average molecular weight is 499 g/mol. The number of halogens is 2. The Balaban J connectivity index is 1.81. The number of aromatic nitrogens is 1. The Hall–Kier alpha value is -2.57. The molecule has 0 saturated carbocycles. The van der Waals surface area contributed by atoms with Crippen molar-refractivity contribution in [1.82, 2.24) is 4.57 Å². The highest BCUT2D eigenvalue weighted by molar-refractivity contribution is 7.99. The zero-order chi connectivity index (χ0) is 24.2. The Morgan fingerprint density at radius 1 is 1.29 bits per heavy atom. The number of carbonyl (C=O) groups is 1. The van der Waals surface area contributed by atoms with E-state index in [0.29, 0.717) is 18.0 Å². The van der Waals surface area contributed by atoms with Crippen LogP contribution in [0.15, 0.2) is 57.3 Å². The summed E-state index contributed by atoms with van der Waals surface area (Å²) in [5.74, 6) is -0.303. The smallest absolute Gasteiger partial charge is 0.310 e. The Labute approximate surface area is 208 Å². The molecule has 0 aliphatic carbocycles. The van der Waals surface area contributed by atoms with Crippen LogP contribution in [0.1, 0.15) is 37.9 Å². The summed E-state index contributed by atoms with van der Waals surface area (Å²) in [5, 5.41) is 0.893. The van der Waals surface area contributed by atoms with Gasteiger partial charge in [0.05, 0.1) is 29.3 Å². The van der Waals surface area contributed by atoms with E-state index in [-0.39, 0.29) is 17.4 Å². The number of nitrogens with zero attached hydrogens (tertiary/aromatic N) is 2. The standard InChI is InChI=1S/C27H28ClFN2O2S/c1-4-18-11-12-30-16-20(13-18)31-17(3)27(22-9-10-23(28)25(29)26(22)31)34-21-8-6-7-19(14-21)15-24(32)33-5-2/h6-10,13-14,16,18H,4-5,11-12,15H2,1-3H3. The van der Waals surface area contributed by atoms with Crippen molar-refractivity contribution in [2.75, 3.05) is 13.2 Å². The van der Waals surface area contributed by atoms with E-state index in [0.717, 1.165) is 51.5 Å². The van der Waals surface area contributed by atoms with Crippen LogP contribution in [0.25, 0.3) is 16.6 Å². The number of ether oxygens (including phenoxy) is 1. The van der Waals surface area contributed by atoms with E-state index in [1.165, 1.54) is 0 Å². The monoisotopic (exact) mass is 498 g/mol. The fraction of sp³-hybridized carbons (Fsp3) is 0.333. The number of esters is 1. The topological polar surface area (TPSA) is 43.6 Å². The molecule has 0 N–H and O–H groups in total. The van der Waals surface area contributed by atoms with Gasteiger partial charge in [0, 0.05) is 33.6 Å². The number of hydrogen-bond acceptors (Lipinski definition) is 4. The van der Waals surface area contributed by atoms with Gasteiger partial charge >= 0.3 is 5.97 Å². The molecule has 34 heavy (non-hydrogen) atoms. The van der Waals surface area contributed by atoms with Crippen molar-refractivity contribution >= 4 is 52.1 Å². The molecule has 4 rings (SSSR count). The third kappa shape index (κ3) is 5.08. The van der Waals surface area contributed by atoms with Crippen molar-refractivity contribution < 1.29 is 13.9 Å². The Kier molecular flexibility index (Phi) is 7.79. The van der Waals surface area contributed by atoms with Crippen molar-refractivity contribution in [2.45, 2.75) is 49.8 Å². The quantitative estimate of drug-likeness (QED) is 0.320. The molecule has 178 valence electrons. The predicted molar refractivity (Wildman–Crippen MR) is 139 cm³/mol. The Morgan fingerprint density at radius 2 is 2.12 bits per heavy atom. The first kappa shape index (κ1) is 24.6. The highest BCUT2D eigenvalue weighted by atomic mass is 35.5. The first-order valence-electron chi connectivity index (χ1n) is 11.6. The summed E-state index contributed by atoms with van der Waals surface area (Å²) in [5.41, 5.74) is 3.13. The van der Waals surface area contributed by atoms with Crippen LogP contribution in [0.5, 0.6) is 0 Å². The van der Waals surface area contributed by atoms with E-state index < -0.39 is 5.82 Å². The average Bonchev–Trinajstić information content (AvgIpc) is 2.96. The SMILES string of the molecule is CCOC(=O)Cc1cccc(Sc2c(C)n(C3=CC(CC)CCN=C3)c3c(F)c(Cl)ccc23)c1. The van der Waals surface area contributed by atoms with Gasteiger partial charge in [-0.1, -0.05) is 48.5 Å². The molecule has 0 spiro atoms. The highest BCUT2D eigenvalue weighted by Gasteiger charge is 2.23. The van der Waals surface area contributed by atoms with Gasteiger partial charge in [-0.3, -0.25) is 9.79 Å². The maximum atomic E-state index is 15.4. The molecule has 1 unspecified atom stereocenters. The molecule has 3 aromatic rings. The van der Waals surface area contributed by atoms with Crippen molar-refractivity contribution in [3.05, 3.63) is 64.6 Å². The number of fused-ring (bicyclic) bond motifs is 1. The lowest BCUT2D eigenvalue weighted by Crippen LogP contribution is -2.07. The first-order valence-corrected chi connectivity index (χ1v) is 12.8. The Morgan fingerprint density at radius 3 is 2.88 bits per heavy atom. The molecule has 0 amide bonds. The fourth-order valence-corrected chi connectivity index (χ4v) is 5.55. The molecule has 7 heteroatoms. The summed E-state index contributed by atoms with van der Waals surface area (Å²) in [7, 11) is 0. The van der Waals surface area contributed by atoms with Crippen LogP contribution < -0.4 is 0 Å². The summed E-state index contributed by atoms with van der Waals surface area (Å²) in [6.07, 6.45) is 6.24. The van der Waals surface area contributed by atoms with E-state index in [1.807, 2.05) is 48.0 Å². The minimum atomic E-state index is -0.434. The van der Waals surface area contributed by atoms with E-state index in [2.05, 4.69) is 18.0 Å². The molecule has 1 aliphatic rings. The van der Waals surface area contributed by atoms with Crippen LogP contribution in [0.4, 0.5) is 4.39 Å². The number of allylic oxidation sites excluding steroid dienone is 2. The molecule has 1 atom stereocenters. The van der Waals surface area contributed by atoms with Crippen molar-refractivity contribution in [3.63, 3.8) is 0 Å². The van der Waals surface area contributed by atoms with Gasteiger partial charge < -0.3 is 9.30 Å². The minimum Gasteiger partial charge on any atom is -0.466 e. The molecule has 1 aliphatic heterocycles. The maximum absolute atomic E-state index is 15.4. The number of hydrogen-bond donors (Lipinski definition) is 0. The van der Waals surface area contributed by atoms with Crippen molar-refractivity contribution in [3.8, 4) is 0 Å².